The molecule has 1 aromatic rings. The van der Waals surface area contributed by atoms with E-state index in [1.165, 1.54) is 5.56 Å². The third kappa shape index (κ3) is 4.11. The van der Waals surface area contributed by atoms with Gasteiger partial charge in [0.05, 0.1) is 0 Å². The predicted octanol–water partition coefficient (Wildman–Crippen LogP) is 2.09. The van der Waals surface area contributed by atoms with Crippen LogP contribution in [-0.2, 0) is 0 Å². The smallest absolute Gasteiger partial charge is 0.0449 e. The van der Waals surface area contributed by atoms with Crippen molar-refractivity contribution in [2.75, 3.05) is 32.8 Å². The van der Waals surface area contributed by atoms with Crippen molar-refractivity contribution in [2.24, 2.45) is 0 Å². The Morgan fingerprint density at radius 3 is 2.39 bits per heavy atom. The molecule has 0 unspecified atom stereocenters. The fourth-order valence-corrected chi connectivity index (χ4v) is 2.49. The summed E-state index contributed by atoms with van der Waals surface area (Å²) in [6.07, 6.45) is 0.779. The summed E-state index contributed by atoms with van der Waals surface area (Å²) in [4.78, 5) is 2.43. The van der Waals surface area contributed by atoms with E-state index in [0.717, 1.165) is 37.6 Å². The minimum Gasteiger partial charge on any atom is -0.396 e. The van der Waals surface area contributed by atoms with Crippen molar-refractivity contribution in [3.63, 3.8) is 0 Å². The fourth-order valence-electron chi connectivity index (χ4n) is 2.36. The van der Waals surface area contributed by atoms with Crippen molar-refractivity contribution in [3.05, 3.63) is 34.9 Å². The summed E-state index contributed by atoms with van der Waals surface area (Å²) < 4.78 is 0. The summed E-state index contributed by atoms with van der Waals surface area (Å²) in [5, 5.41) is 13.3. The number of hydrogen-bond donors (Lipinski definition) is 2. The summed E-state index contributed by atoms with van der Waals surface area (Å²) >= 11 is 5.91. The number of aliphatic hydroxyl groups is 1. The van der Waals surface area contributed by atoms with Gasteiger partial charge in [-0.25, -0.2) is 0 Å². The van der Waals surface area contributed by atoms with Crippen LogP contribution in [0.2, 0.25) is 5.02 Å². The van der Waals surface area contributed by atoms with Crippen LogP contribution in [0.15, 0.2) is 24.3 Å². The maximum Gasteiger partial charge on any atom is 0.0449 e. The molecular formula is C13H20Cl2N2O. The first-order chi connectivity index (χ1) is 8.31. The Morgan fingerprint density at radius 2 is 1.83 bits per heavy atom. The molecule has 1 aromatic carbocycles. The van der Waals surface area contributed by atoms with E-state index in [-0.39, 0.29) is 19.0 Å². The molecule has 0 bridgehead atoms. The quantitative estimate of drug-likeness (QED) is 0.891. The van der Waals surface area contributed by atoms with Crippen LogP contribution in [0, 0.1) is 0 Å². The molecule has 1 saturated heterocycles. The third-order valence-electron chi connectivity index (χ3n) is 3.25. The zero-order valence-electron chi connectivity index (χ0n) is 10.3. The van der Waals surface area contributed by atoms with Gasteiger partial charge in [-0.2, -0.15) is 0 Å². The van der Waals surface area contributed by atoms with Gasteiger partial charge in [-0.1, -0.05) is 23.7 Å². The van der Waals surface area contributed by atoms with Gasteiger partial charge in [-0.3, -0.25) is 4.90 Å². The lowest BCUT2D eigenvalue weighted by molar-refractivity contribution is 0.141. The number of piperazine rings is 1. The fraction of sp³-hybridized carbons (Fsp3) is 0.538. The Morgan fingerprint density at radius 1 is 1.22 bits per heavy atom. The van der Waals surface area contributed by atoms with Gasteiger partial charge < -0.3 is 10.4 Å². The van der Waals surface area contributed by atoms with Crippen LogP contribution in [0.1, 0.15) is 18.0 Å². The highest BCUT2D eigenvalue weighted by atomic mass is 35.5. The van der Waals surface area contributed by atoms with E-state index in [1.54, 1.807) is 0 Å². The Balaban J connectivity index is 0.00000162. The van der Waals surface area contributed by atoms with Crippen molar-refractivity contribution in [1.82, 2.24) is 10.2 Å². The molecule has 1 aliphatic rings. The van der Waals surface area contributed by atoms with Gasteiger partial charge >= 0.3 is 0 Å². The van der Waals surface area contributed by atoms with E-state index in [1.807, 2.05) is 12.1 Å². The maximum atomic E-state index is 9.21. The van der Waals surface area contributed by atoms with E-state index >= 15 is 0 Å². The summed E-state index contributed by atoms with van der Waals surface area (Å²) in [7, 11) is 0. The zero-order chi connectivity index (χ0) is 12.1. The van der Waals surface area contributed by atoms with Crippen molar-refractivity contribution in [2.45, 2.75) is 12.5 Å². The Bertz CT molecular complexity index is 339. The molecule has 18 heavy (non-hydrogen) atoms. The molecule has 1 heterocycles. The topological polar surface area (TPSA) is 35.5 Å². The Hall–Kier alpha value is -0.320. The first-order valence-electron chi connectivity index (χ1n) is 6.12. The van der Waals surface area contributed by atoms with Crippen molar-refractivity contribution < 1.29 is 5.11 Å². The van der Waals surface area contributed by atoms with Crippen LogP contribution < -0.4 is 5.32 Å². The second kappa shape index (κ2) is 7.97. The highest BCUT2D eigenvalue weighted by Crippen LogP contribution is 2.25. The number of nitrogens with zero attached hydrogens (tertiary/aromatic N) is 1. The van der Waals surface area contributed by atoms with Crippen LogP contribution in [-0.4, -0.2) is 42.8 Å². The van der Waals surface area contributed by atoms with E-state index in [9.17, 15) is 5.11 Å². The van der Waals surface area contributed by atoms with Gasteiger partial charge in [-0.15, -0.1) is 12.4 Å². The third-order valence-corrected chi connectivity index (χ3v) is 3.50. The van der Waals surface area contributed by atoms with Crippen LogP contribution in [0.25, 0.3) is 0 Å². The first-order valence-corrected chi connectivity index (χ1v) is 6.50. The average molecular weight is 291 g/mol. The monoisotopic (exact) mass is 290 g/mol. The number of hydrogen-bond acceptors (Lipinski definition) is 3. The SMILES string of the molecule is Cl.OCC[C@H](c1ccc(Cl)cc1)N1CCNCC1. The van der Waals surface area contributed by atoms with E-state index in [2.05, 4.69) is 22.3 Å². The van der Waals surface area contributed by atoms with Crippen LogP contribution in [0.5, 0.6) is 0 Å². The molecule has 2 rings (SSSR count). The highest BCUT2D eigenvalue weighted by Gasteiger charge is 2.21. The molecule has 0 amide bonds. The Kier molecular flexibility index (Phi) is 6.97. The van der Waals surface area contributed by atoms with E-state index < -0.39 is 0 Å². The van der Waals surface area contributed by atoms with E-state index in [0.29, 0.717) is 6.04 Å². The van der Waals surface area contributed by atoms with Gasteiger partial charge in [0.2, 0.25) is 0 Å². The standard InChI is InChI=1S/C13H19ClN2O.ClH/c14-12-3-1-11(2-4-12)13(5-10-17)16-8-6-15-7-9-16;/h1-4,13,15,17H,5-10H2;1H/t13-;/m1./s1. The second-order valence-electron chi connectivity index (χ2n) is 4.37. The molecule has 0 aromatic heterocycles. The Labute approximate surface area is 120 Å². The molecule has 0 spiro atoms. The van der Waals surface area contributed by atoms with Crippen molar-refractivity contribution >= 4 is 24.0 Å². The lowest BCUT2D eigenvalue weighted by atomic mass is 10.0. The largest absolute Gasteiger partial charge is 0.396 e. The summed E-state index contributed by atoms with van der Waals surface area (Å²) in [6.45, 7) is 4.34. The molecule has 0 aliphatic carbocycles. The number of rotatable bonds is 4. The van der Waals surface area contributed by atoms with Gasteiger partial charge in [0.1, 0.15) is 0 Å². The molecule has 1 atom stereocenters. The molecule has 0 radical (unpaired) electrons. The number of halogens is 2. The van der Waals surface area contributed by atoms with Gasteiger partial charge in [0, 0.05) is 43.9 Å². The van der Waals surface area contributed by atoms with Gasteiger partial charge in [0.25, 0.3) is 0 Å². The molecule has 2 N–H and O–H groups in total. The van der Waals surface area contributed by atoms with Gasteiger partial charge in [0.15, 0.2) is 0 Å². The summed E-state index contributed by atoms with van der Waals surface area (Å²) in [5.41, 5.74) is 1.24. The summed E-state index contributed by atoms with van der Waals surface area (Å²) in [6, 6.07) is 8.27. The zero-order valence-corrected chi connectivity index (χ0v) is 11.9. The molecule has 5 heteroatoms. The molecular weight excluding hydrogens is 271 g/mol. The van der Waals surface area contributed by atoms with E-state index in [4.69, 9.17) is 11.6 Å². The van der Waals surface area contributed by atoms with Crippen LogP contribution >= 0.6 is 24.0 Å². The molecule has 1 fully saturated rings. The predicted molar refractivity (Wildman–Crippen MR) is 77.6 cm³/mol. The second-order valence-corrected chi connectivity index (χ2v) is 4.80. The molecule has 1 aliphatic heterocycles. The van der Waals surface area contributed by atoms with Crippen molar-refractivity contribution in [3.8, 4) is 0 Å². The van der Waals surface area contributed by atoms with Crippen LogP contribution in [0.3, 0.4) is 0 Å². The van der Waals surface area contributed by atoms with Crippen LogP contribution in [0.4, 0.5) is 0 Å². The molecule has 0 saturated carbocycles. The summed E-state index contributed by atoms with van der Waals surface area (Å²) in [5.74, 6) is 0. The number of aliphatic hydroxyl groups excluding tert-OH is 1. The lowest BCUT2D eigenvalue weighted by Gasteiger charge is -2.35. The first kappa shape index (κ1) is 15.7. The molecule has 102 valence electrons. The highest BCUT2D eigenvalue weighted by molar-refractivity contribution is 6.30. The normalized spacial score (nSPS) is 18.1. The minimum absolute atomic E-state index is 0. The molecule has 3 nitrogen and oxygen atoms in total. The minimum atomic E-state index is 0. The lowest BCUT2D eigenvalue weighted by Crippen LogP contribution is -2.45. The number of benzene rings is 1. The van der Waals surface area contributed by atoms with Crippen molar-refractivity contribution in [1.29, 1.82) is 0 Å². The maximum absolute atomic E-state index is 9.21. The number of nitrogens with one attached hydrogen (secondary N) is 1. The van der Waals surface area contributed by atoms with Gasteiger partial charge in [-0.05, 0) is 24.1 Å². The average Bonchev–Trinajstić information content (AvgIpc) is 2.38.